The molecule has 0 amide bonds. The number of H-pyrrole nitrogens is 1. The quantitative estimate of drug-likeness (QED) is 0.698. The van der Waals surface area contributed by atoms with Crippen molar-refractivity contribution in [2.75, 3.05) is 0 Å². The minimum atomic E-state index is -0.333. The molecule has 104 valence electrons. The average molecular weight is 356 g/mol. The number of benzene rings is 1. The highest BCUT2D eigenvalue weighted by atomic mass is 79.9. The second-order valence-electron chi connectivity index (χ2n) is 4.55. The van der Waals surface area contributed by atoms with E-state index in [2.05, 4.69) is 25.9 Å². The van der Waals surface area contributed by atoms with Crippen LogP contribution in [-0.4, -0.2) is 14.5 Å². The Labute approximate surface area is 127 Å². The van der Waals surface area contributed by atoms with Gasteiger partial charge in [-0.3, -0.25) is 0 Å². The van der Waals surface area contributed by atoms with E-state index >= 15 is 0 Å². The summed E-state index contributed by atoms with van der Waals surface area (Å²) in [5.41, 5.74) is 2.30. The average Bonchev–Trinajstić information content (AvgIpc) is 2.83. The van der Waals surface area contributed by atoms with Gasteiger partial charge >= 0.3 is 0 Å². The van der Waals surface area contributed by atoms with Crippen LogP contribution in [0.1, 0.15) is 17.3 Å². The van der Waals surface area contributed by atoms with Gasteiger partial charge in [0.1, 0.15) is 18.1 Å². The van der Waals surface area contributed by atoms with Crippen molar-refractivity contribution in [2.45, 2.75) is 20.4 Å². The number of aromatic amines is 1. The van der Waals surface area contributed by atoms with Gasteiger partial charge in [0.05, 0.1) is 21.2 Å². The maximum Gasteiger partial charge on any atom is 0.214 e. The minimum absolute atomic E-state index is 0.333. The number of hydrogen-bond acceptors (Lipinski definition) is 3. The molecule has 1 N–H and O–H groups in total. The van der Waals surface area contributed by atoms with Crippen LogP contribution in [0, 0.1) is 24.4 Å². The highest BCUT2D eigenvalue weighted by Crippen LogP contribution is 2.24. The van der Waals surface area contributed by atoms with E-state index in [-0.39, 0.29) is 5.82 Å². The Kier molecular flexibility index (Phi) is 3.25. The third-order valence-corrected chi connectivity index (χ3v) is 4.11. The zero-order valence-electron chi connectivity index (χ0n) is 10.8. The first kappa shape index (κ1) is 13.5. The summed E-state index contributed by atoms with van der Waals surface area (Å²) < 4.78 is 21.9. The molecule has 0 aliphatic rings. The number of imidazole rings is 1. The molecule has 7 heteroatoms. The standard InChI is InChI=1S/C13H11BrFN3OS/c1-6-7(2)19-12(16-6)5-18-11-4-9(15)8(14)3-10(11)17-13(18)20/h3-4H,5H2,1-2H3,(H,17,20). The Morgan fingerprint density at radius 3 is 2.85 bits per heavy atom. The molecule has 0 spiro atoms. The third kappa shape index (κ3) is 2.20. The fourth-order valence-electron chi connectivity index (χ4n) is 2.05. The monoisotopic (exact) mass is 355 g/mol. The fraction of sp³-hybridized carbons (Fsp3) is 0.231. The zero-order valence-corrected chi connectivity index (χ0v) is 13.2. The summed E-state index contributed by atoms with van der Waals surface area (Å²) in [6, 6.07) is 3.11. The summed E-state index contributed by atoms with van der Waals surface area (Å²) in [5, 5.41) is 0. The number of aromatic nitrogens is 3. The van der Waals surface area contributed by atoms with Gasteiger partial charge in [0.25, 0.3) is 0 Å². The smallest absolute Gasteiger partial charge is 0.214 e. The van der Waals surface area contributed by atoms with E-state index in [0.717, 1.165) is 17.0 Å². The Hall–Kier alpha value is -1.47. The molecular weight excluding hydrogens is 345 g/mol. The molecule has 4 nitrogen and oxygen atoms in total. The molecule has 3 rings (SSSR count). The normalized spacial score (nSPS) is 11.4. The van der Waals surface area contributed by atoms with Crippen LogP contribution < -0.4 is 0 Å². The van der Waals surface area contributed by atoms with E-state index < -0.39 is 0 Å². The molecule has 20 heavy (non-hydrogen) atoms. The van der Waals surface area contributed by atoms with Gasteiger partial charge in [0.2, 0.25) is 5.89 Å². The molecule has 0 atom stereocenters. The number of hydrogen-bond donors (Lipinski definition) is 1. The SMILES string of the molecule is Cc1nc(Cn2c(=S)[nH]c3cc(Br)c(F)cc32)oc1C. The van der Waals surface area contributed by atoms with Crippen molar-refractivity contribution >= 4 is 39.2 Å². The molecule has 0 fully saturated rings. The van der Waals surface area contributed by atoms with Crippen molar-refractivity contribution in [2.24, 2.45) is 0 Å². The lowest BCUT2D eigenvalue weighted by atomic mass is 10.3. The van der Waals surface area contributed by atoms with Crippen LogP contribution in [0.25, 0.3) is 11.0 Å². The van der Waals surface area contributed by atoms with Gasteiger partial charge in [0.15, 0.2) is 4.77 Å². The van der Waals surface area contributed by atoms with E-state index in [0.29, 0.717) is 27.2 Å². The van der Waals surface area contributed by atoms with Gasteiger partial charge < -0.3 is 14.0 Å². The van der Waals surface area contributed by atoms with Gasteiger partial charge in [-0.2, -0.15) is 0 Å². The molecule has 2 heterocycles. The van der Waals surface area contributed by atoms with Gasteiger partial charge in [-0.25, -0.2) is 9.37 Å². The number of aryl methyl sites for hydroxylation is 2. The summed E-state index contributed by atoms with van der Waals surface area (Å²) in [5.74, 6) is 1.00. The Balaban J connectivity index is 2.13. The van der Waals surface area contributed by atoms with Gasteiger partial charge in [-0.15, -0.1) is 0 Å². The Morgan fingerprint density at radius 1 is 1.45 bits per heavy atom. The molecule has 0 radical (unpaired) electrons. The van der Waals surface area contributed by atoms with Gasteiger partial charge in [0, 0.05) is 6.07 Å². The van der Waals surface area contributed by atoms with Crippen molar-refractivity contribution in [1.29, 1.82) is 0 Å². The van der Waals surface area contributed by atoms with Crippen LogP contribution in [0.5, 0.6) is 0 Å². The van der Waals surface area contributed by atoms with Crippen LogP contribution >= 0.6 is 28.1 Å². The summed E-state index contributed by atoms with van der Waals surface area (Å²) in [6.45, 7) is 4.11. The highest BCUT2D eigenvalue weighted by molar-refractivity contribution is 9.10. The van der Waals surface area contributed by atoms with E-state index in [4.69, 9.17) is 16.6 Å². The molecule has 0 bridgehead atoms. The Bertz CT molecular complexity index is 845. The number of rotatable bonds is 2. The lowest BCUT2D eigenvalue weighted by molar-refractivity contribution is 0.458. The molecule has 0 saturated heterocycles. The number of halogens is 2. The van der Waals surface area contributed by atoms with E-state index in [1.165, 1.54) is 6.07 Å². The number of fused-ring (bicyclic) bond motifs is 1. The molecule has 3 aromatic rings. The predicted molar refractivity (Wildman–Crippen MR) is 79.9 cm³/mol. The molecule has 0 saturated carbocycles. The number of nitrogens with one attached hydrogen (secondary N) is 1. The second kappa shape index (κ2) is 4.82. The van der Waals surface area contributed by atoms with Crippen molar-refractivity contribution in [3.8, 4) is 0 Å². The molecule has 0 aliphatic heterocycles. The minimum Gasteiger partial charge on any atom is -0.444 e. The topological polar surface area (TPSA) is 46.8 Å². The Morgan fingerprint density at radius 2 is 2.20 bits per heavy atom. The summed E-state index contributed by atoms with van der Waals surface area (Å²) in [4.78, 5) is 7.37. The van der Waals surface area contributed by atoms with Gasteiger partial charge in [-0.1, -0.05) is 0 Å². The van der Waals surface area contributed by atoms with Crippen LogP contribution in [0.2, 0.25) is 0 Å². The number of oxazole rings is 1. The highest BCUT2D eigenvalue weighted by Gasteiger charge is 2.12. The molecular formula is C13H11BrFN3OS. The lowest BCUT2D eigenvalue weighted by Crippen LogP contribution is -2.00. The lowest BCUT2D eigenvalue weighted by Gasteiger charge is -2.02. The van der Waals surface area contributed by atoms with E-state index in [9.17, 15) is 4.39 Å². The maximum absolute atomic E-state index is 13.7. The summed E-state index contributed by atoms with van der Waals surface area (Å²) in [7, 11) is 0. The van der Waals surface area contributed by atoms with Crippen LogP contribution in [-0.2, 0) is 6.54 Å². The zero-order chi connectivity index (χ0) is 14.4. The van der Waals surface area contributed by atoms with Crippen molar-refractivity contribution < 1.29 is 8.81 Å². The second-order valence-corrected chi connectivity index (χ2v) is 5.79. The van der Waals surface area contributed by atoms with E-state index in [1.807, 2.05) is 13.8 Å². The summed E-state index contributed by atoms with van der Waals surface area (Å²) >= 11 is 8.44. The molecule has 2 aromatic heterocycles. The first-order valence-corrected chi connectivity index (χ1v) is 7.16. The maximum atomic E-state index is 13.7. The molecule has 0 aliphatic carbocycles. The van der Waals surface area contributed by atoms with Crippen molar-refractivity contribution in [3.63, 3.8) is 0 Å². The van der Waals surface area contributed by atoms with Gasteiger partial charge in [-0.05, 0) is 48.1 Å². The van der Waals surface area contributed by atoms with Crippen LogP contribution in [0.15, 0.2) is 21.0 Å². The summed E-state index contributed by atoms with van der Waals surface area (Å²) in [6.07, 6.45) is 0. The van der Waals surface area contributed by atoms with E-state index in [1.54, 1.807) is 10.6 Å². The molecule has 1 aromatic carbocycles. The number of nitrogens with zero attached hydrogens (tertiary/aromatic N) is 2. The predicted octanol–water partition coefficient (Wildman–Crippen LogP) is 4.25. The third-order valence-electron chi connectivity index (χ3n) is 3.18. The van der Waals surface area contributed by atoms with Crippen LogP contribution in [0.4, 0.5) is 4.39 Å². The molecule has 0 unspecified atom stereocenters. The largest absolute Gasteiger partial charge is 0.444 e. The van der Waals surface area contributed by atoms with Crippen LogP contribution in [0.3, 0.4) is 0 Å². The first-order chi connectivity index (χ1) is 9.45. The fourth-order valence-corrected chi connectivity index (χ4v) is 2.67. The van der Waals surface area contributed by atoms with Crippen molar-refractivity contribution in [1.82, 2.24) is 14.5 Å². The first-order valence-electron chi connectivity index (χ1n) is 5.96. The van der Waals surface area contributed by atoms with Crippen molar-refractivity contribution in [3.05, 3.63) is 44.5 Å².